The lowest BCUT2D eigenvalue weighted by Crippen LogP contribution is -2.46. The minimum atomic E-state index is -0.571. The summed E-state index contributed by atoms with van der Waals surface area (Å²) >= 11 is 17.6. The van der Waals surface area contributed by atoms with Crippen LogP contribution in [0.15, 0.2) is 42.5 Å². The van der Waals surface area contributed by atoms with Crippen LogP contribution < -0.4 is 20.9 Å². The van der Waals surface area contributed by atoms with Crippen molar-refractivity contribution in [1.29, 1.82) is 0 Å². The average Bonchev–Trinajstić information content (AvgIpc) is 2.69. The van der Waals surface area contributed by atoms with Crippen molar-refractivity contribution in [3.05, 3.63) is 63.1 Å². The van der Waals surface area contributed by atoms with Crippen LogP contribution in [-0.2, 0) is 9.59 Å². The third kappa shape index (κ3) is 8.19. The molecule has 0 unspecified atom stereocenters. The fraction of sp³-hybridized carbons (Fsp3) is 0.211. The van der Waals surface area contributed by atoms with Gasteiger partial charge in [-0.15, -0.1) is 0 Å². The molecule has 0 heterocycles. The zero-order valence-corrected chi connectivity index (χ0v) is 17.4. The number of nitrogens with one attached hydrogen (secondary N) is 3. The van der Waals surface area contributed by atoms with Crippen molar-refractivity contribution in [2.24, 2.45) is 0 Å². The van der Waals surface area contributed by atoms with Gasteiger partial charge in [-0.05, 0) is 42.8 Å². The van der Waals surface area contributed by atoms with E-state index in [2.05, 4.69) is 16.2 Å². The number of hydrazine groups is 1. The van der Waals surface area contributed by atoms with Crippen molar-refractivity contribution in [3.63, 3.8) is 0 Å². The van der Waals surface area contributed by atoms with Crippen LogP contribution in [0.25, 0.3) is 0 Å². The molecule has 0 saturated heterocycles. The molecule has 0 atom stereocenters. The molecular formula is C19H18Cl3N3O4. The Morgan fingerprint density at radius 3 is 2.34 bits per heavy atom. The predicted octanol–water partition coefficient (Wildman–Crippen LogP) is 3.38. The van der Waals surface area contributed by atoms with Gasteiger partial charge in [-0.2, -0.15) is 0 Å². The van der Waals surface area contributed by atoms with E-state index in [4.69, 9.17) is 39.5 Å². The summed E-state index contributed by atoms with van der Waals surface area (Å²) in [6.07, 6.45) is 0.534. The van der Waals surface area contributed by atoms with Crippen LogP contribution in [0.4, 0.5) is 0 Å². The van der Waals surface area contributed by atoms with Gasteiger partial charge in [0.15, 0.2) is 0 Å². The zero-order valence-electron chi connectivity index (χ0n) is 15.1. The molecule has 10 heteroatoms. The van der Waals surface area contributed by atoms with E-state index in [0.29, 0.717) is 32.8 Å². The second-order valence-electron chi connectivity index (χ2n) is 5.82. The SMILES string of the molecule is O=C(CCCOc1ccc(Cl)cc1Cl)NNC(=O)CNC(=O)c1cccc(Cl)c1. The van der Waals surface area contributed by atoms with Crippen LogP contribution in [0.2, 0.25) is 15.1 Å². The minimum Gasteiger partial charge on any atom is -0.492 e. The van der Waals surface area contributed by atoms with Crippen molar-refractivity contribution in [2.45, 2.75) is 12.8 Å². The van der Waals surface area contributed by atoms with Gasteiger partial charge in [-0.3, -0.25) is 25.2 Å². The molecule has 29 heavy (non-hydrogen) atoms. The normalized spacial score (nSPS) is 10.2. The molecule has 2 aromatic rings. The number of carbonyl (C=O) groups excluding carboxylic acids is 3. The number of carbonyl (C=O) groups is 3. The van der Waals surface area contributed by atoms with E-state index in [-0.39, 0.29) is 19.6 Å². The standard InChI is InChI=1S/C19H18Cl3N3O4/c20-13-4-1-3-12(9-13)19(28)23-11-18(27)25-24-17(26)5-2-8-29-16-7-6-14(21)10-15(16)22/h1,3-4,6-7,9-10H,2,5,8,11H2,(H,23,28)(H,24,26)(H,25,27). The summed E-state index contributed by atoms with van der Waals surface area (Å²) in [4.78, 5) is 35.4. The van der Waals surface area contributed by atoms with Crippen molar-refractivity contribution in [2.75, 3.05) is 13.2 Å². The van der Waals surface area contributed by atoms with Gasteiger partial charge in [0.05, 0.1) is 18.2 Å². The molecule has 2 rings (SSSR count). The minimum absolute atomic E-state index is 0.125. The summed E-state index contributed by atoms with van der Waals surface area (Å²) in [5, 5.41) is 3.72. The van der Waals surface area contributed by atoms with Crippen LogP contribution in [0.1, 0.15) is 23.2 Å². The second kappa shape index (κ2) is 11.5. The number of hydrogen-bond donors (Lipinski definition) is 3. The average molecular weight is 459 g/mol. The summed E-state index contributed by atoms with van der Waals surface area (Å²) in [5.74, 6) is -0.949. The van der Waals surface area contributed by atoms with E-state index >= 15 is 0 Å². The number of ether oxygens (including phenoxy) is 1. The Hall–Kier alpha value is -2.48. The number of rotatable bonds is 8. The van der Waals surface area contributed by atoms with Gasteiger partial charge >= 0.3 is 0 Å². The molecule has 3 N–H and O–H groups in total. The number of halogens is 3. The molecule has 0 aromatic heterocycles. The molecule has 0 aliphatic heterocycles. The Bertz CT molecular complexity index is 893. The molecule has 0 fully saturated rings. The van der Waals surface area contributed by atoms with E-state index < -0.39 is 17.7 Å². The lowest BCUT2D eigenvalue weighted by atomic mass is 10.2. The van der Waals surface area contributed by atoms with Crippen LogP contribution in [0.5, 0.6) is 5.75 Å². The molecule has 0 bridgehead atoms. The summed E-state index contributed by atoms with van der Waals surface area (Å²) in [5.41, 5.74) is 4.81. The van der Waals surface area contributed by atoms with Gasteiger partial charge in [0.25, 0.3) is 11.8 Å². The molecule has 2 aromatic carbocycles. The Balaban J connectivity index is 1.60. The fourth-order valence-corrected chi connectivity index (χ4v) is 2.80. The van der Waals surface area contributed by atoms with Gasteiger partial charge in [0, 0.05) is 22.0 Å². The van der Waals surface area contributed by atoms with Crippen molar-refractivity contribution in [3.8, 4) is 5.75 Å². The first-order chi connectivity index (χ1) is 13.8. The van der Waals surface area contributed by atoms with Gasteiger partial charge in [-0.25, -0.2) is 0 Å². The first kappa shape index (κ1) is 22.8. The van der Waals surface area contributed by atoms with Gasteiger partial charge in [0.1, 0.15) is 5.75 Å². The molecule has 0 radical (unpaired) electrons. The molecule has 0 aliphatic carbocycles. The molecule has 0 aliphatic rings. The molecule has 3 amide bonds. The maximum Gasteiger partial charge on any atom is 0.257 e. The third-order valence-corrected chi connectivity index (χ3v) is 4.30. The summed E-state index contributed by atoms with van der Waals surface area (Å²) in [6.45, 7) is -0.0395. The summed E-state index contributed by atoms with van der Waals surface area (Å²) < 4.78 is 5.47. The predicted molar refractivity (Wildman–Crippen MR) is 111 cm³/mol. The molecule has 7 nitrogen and oxygen atoms in total. The molecular weight excluding hydrogens is 441 g/mol. The number of amides is 3. The van der Waals surface area contributed by atoms with Crippen LogP contribution in [-0.4, -0.2) is 30.9 Å². The first-order valence-corrected chi connectivity index (χ1v) is 9.68. The Labute approximate surface area is 182 Å². The molecule has 0 spiro atoms. The lowest BCUT2D eigenvalue weighted by Gasteiger charge is -2.10. The maximum atomic E-state index is 11.9. The lowest BCUT2D eigenvalue weighted by molar-refractivity contribution is -0.128. The smallest absolute Gasteiger partial charge is 0.257 e. The van der Waals surface area contributed by atoms with E-state index in [0.717, 1.165) is 0 Å². The third-order valence-electron chi connectivity index (χ3n) is 3.54. The molecule has 154 valence electrons. The summed E-state index contributed by atoms with van der Waals surface area (Å²) in [7, 11) is 0. The summed E-state index contributed by atoms with van der Waals surface area (Å²) in [6, 6.07) is 11.2. The van der Waals surface area contributed by atoms with Gasteiger partial charge in [0.2, 0.25) is 5.91 Å². The van der Waals surface area contributed by atoms with Crippen LogP contribution >= 0.6 is 34.8 Å². The van der Waals surface area contributed by atoms with Gasteiger partial charge in [-0.1, -0.05) is 40.9 Å². The van der Waals surface area contributed by atoms with Gasteiger partial charge < -0.3 is 10.1 Å². The quantitative estimate of drug-likeness (QED) is 0.417. The Morgan fingerprint density at radius 1 is 0.897 bits per heavy atom. The van der Waals surface area contributed by atoms with E-state index in [1.165, 1.54) is 6.07 Å². The highest BCUT2D eigenvalue weighted by Crippen LogP contribution is 2.27. The number of hydrogen-bond acceptors (Lipinski definition) is 4. The van der Waals surface area contributed by atoms with Crippen molar-refractivity contribution in [1.82, 2.24) is 16.2 Å². The second-order valence-corrected chi connectivity index (χ2v) is 7.10. The van der Waals surface area contributed by atoms with Crippen LogP contribution in [0, 0.1) is 0 Å². The van der Waals surface area contributed by atoms with Crippen molar-refractivity contribution < 1.29 is 19.1 Å². The maximum absolute atomic E-state index is 11.9. The Morgan fingerprint density at radius 2 is 1.62 bits per heavy atom. The zero-order chi connectivity index (χ0) is 21.2. The molecule has 0 saturated carbocycles. The van der Waals surface area contributed by atoms with Crippen molar-refractivity contribution >= 4 is 52.5 Å². The van der Waals surface area contributed by atoms with E-state index in [9.17, 15) is 14.4 Å². The Kier molecular flexibility index (Phi) is 9.05. The largest absolute Gasteiger partial charge is 0.492 e. The van der Waals surface area contributed by atoms with Crippen LogP contribution in [0.3, 0.4) is 0 Å². The highest BCUT2D eigenvalue weighted by Gasteiger charge is 2.09. The monoisotopic (exact) mass is 457 g/mol. The van der Waals surface area contributed by atoms with E-state index in [1.807, 2.05) is 0 Å². The topological polar surface area (TPSA) is 96.5 Å². The fourth-order valence-electron chi connectivity index (χ4n) is 2.15. The van der Waals surface area contributed by atoms with E-state index in [1.54, 1.807) is 36.4 Å². The first-order valence-electron chi connectivity index (χ1n) is 8.54. The highest BCUT2D eigenvalue weighted by molar-refractivity contribution is 6.35. The highest BCUT2D eigenvalue weighted by atomic mass is 35.5. The number of benzene rings is 2.